The Hall–Kier alpha value is -1.29. The third-order valence-electron chi connectivity index (χ3n) is 5.00. The fraction of sp³-hybridized carbons (Fsp3) is 0.700. The number of likely N-dealkylation sites (tertiary alicyclic amines) is 1. The summed E-state index contributed by atoms with van der Waals surface area (Å²) in [7, 11) is 0. The molecule has 1 saturated carbocycles. The van der Waals surface area contributed by atoms with Gasteiger partial charge in [0.2, 0.25) is 0 Å². The van der Waals surface area contributed by atoms with Crippen molar-refractivity contribution in [2.75, 3.05) is 26.2 Å². The van der Waals surface area contributed by atoms with E-state index in [2.05, 4.69) is 10.8 Å². The zero-order valence-corrected chi connectivity index (χ0v) is 15.7. The highest BCUT2D eigenvalue weighted by Gasteiger charge is 2.58. The summed E-state index contributed by atoms with van der Waals surface area (Å²) in [5.41, 5.74) is 5.07. The fourth-order valence-corrected chi connectivity index (χ4v) is 3.35. The van der Waals surface area contributed by atoms with E-state index in [-0.39, 0.29) is 11.5 Å². The van der Waals surface area contributed by atoms with Crippen LogP contribution in [0.1, 0.15) is 39.5 Å². The van der Waals surface area contributed by atoms with Gasteiger partial charge in [0.25, 0.3) is 0 Å². The van der Waals surface area contributed by atoms with E-state index >= 15 is 0 Å². The van der Waals surface area contributed by atoms with Gasteiger partial charge in [-0.1, -0.05) is 25.2 Å². The lowest BCUT2D eigenvalue weighted by atomic mass is 10.0. The van der Waals surface area contributed by atoms with E-state index in [9.17, 15) is 18.3 Å². The molecule has 1 saturated heterocycles. The zero-order valence-electron chi connectivity index (χ0n) is 15.7. The van der Waals surface area contributed by atoms with Crippen molar-refractivity contribution in [2.24, 2.45) is 17.1 Å². The summed E-state index contributed by atoms with van der Waals surface area (Å²) >= 11 is 0. The number of terminal acetylenes is 1. The highest BCUT2D eigenvalue weighted by Crippen LogP contribution is 2.60. The first kappa shape index (κ1) is 22.8. The van der Waals surface area contributed by atoms with Crippen molar-refractivity contribution >= 4 is 0 Å². The number of aliphatic hydroxyl groups excluding tert-OH is 1. The van der Waals surface area contributed by atoms with E-state index < -0.39 is 11.7 Å². The van der Waals surface area contributed by atoms with Crippen LogP contribution in [0.2, 0.25) is 0 Å². The third kappa shape index (κ3) is 7.14. The van der Waals surface area contributed by atoms with E-state index in [0.717, 1.165) is 45.4 Å². The van der Waals surface area contributed by atoms with Crippen LogP contribution >= 0.6 is 0 Å². The van der Waals surface area contributed by atoms with Gasteiger partial charge in [0, 0.05) is 31.6 Å². The number of allylic oxidation sites excluding steroid dienone is 4. The Labute approximate surface area is 155 Å². The van der Waals surface area contributed by atoms with Crippen molar-refractivity contribution in [3.8, 4) is 12.3 Å². The van der Waals surface area contributed by atoms with E-state index in [1.165, 1.54) is 6.08 Å². The Kier molecular flexibility index (Phi) is 8.88. The molecule has 3 atom stereocenters. The Bertz CT molecular complexity index is 536. The molecule has 0 aromatic carbocycles. The van der Waals surface area contributed by atoms with Crippen LogP contribution in [0.4, 0.5) is 13.2 Å². The van der Waals surface area contributed by atoms with Crippen LogP contribution in [-0.2, 0) is 0 Å². The summed E-state index contributed by atoms with van der Waals surface area (Å²) in [6.07, 6.45) is 8.04. The zero-order chi connectivity index (χ0) is 19.8. The summed E-state index contributed by atoms with van der Waals surface area (Å²) in [6, 6.07) is 0. The van der Waals surface area contributed by atoms with E-state index in [0.29, 0.717) is 25.4 Å². The van der Waals surface area contributed by atoms with Gasteiger partial charge in [-0.25, -0.2) is 0 Å². The lowest BCUT2D eigenvalue weighted by Crippen LogP contribution is -2.34. The number of hydrogen-bond acceptors (Lipinski definition) is 3. The Morgan fingerprint density at radius 3 is 2.69 bits per heavy atom. The number of fused-ring (bicyclic) bond motifs is 1. The molecule has 6 heteroatoms. The van der Waals surface area contributed by atoms with Crippen LogP contribution in [0.5, 0.6) is 0 Å². The van der Waals surface area contributed by atoms with Crippen molar-refractivity contribution in [3.05, 3.63) is 23.8 Å². The molecule has 1 aliphatic carbocycles. The number of aliphatic hydroxyl groups is 1. The van der Waals surface area contributed by atoms with E-state index in [4.69, 9.17) is 12.2 Å². The molecule has 2 aliphatic rings. The van der Waals surface area contributed by atoms with Gasteiger partial charge in [-0.15, -0.1) is 12.3 Å². The summed E-state index contributed by atoms with van der Waals surface area (Å²) in [6.45, 7) is 6.06. The van der Waals surface area contributed by atoms with Gasteiger partial charge in [-0.2, -0.15) is 13.2 Å². The van der Waals surface area contributed by atoms with Gasteiger partial charge >= 0.3 is 6.18 Å². The standard InChI is InChI=1S/C16H25F3N2O.C4H6/c1-12(16(17,18)19)4-2-3-6-15-8-13(15)9-21(11-15)10-14(22)5-7-20;1-3-4-2/h2-4,13-14,22H,5-11,20H2,1H3;1H,4H2,2H3/b3-2-,12-4+;. The number of nitrogens with zero attached hydrogens (tertiary/aromatic N) is 1. The van der Waals surface area contributed by atoms with Crippen molar-refractivity contribution in [2.45, 2.75) is 51.8 Å². The van der Waals surface area contributed by atoms with Crippen LogP contribution in [0, 0.1) is 23.7 Å². The first-order valence-electron chi connectivity index (χ1n) is 9.13. The van der Waals surface area contributed by atoms with Crippen molar-refractivity contribution in [1.29, 1.82) is 0 Å². The molecule has 2 rings (SSSR count). The van der Waals surface area contributed by atoms with Crippen molar-refractivity contribution in [1.82, 2.24) is 4.90 Å². The first-order valence-corrected chi connectivity index (χ1v) is 9.13. The number of hydrogen-bond donors (Lipinski definition) is 2. The lowest BCUT2D eigenvalue weighted by molar-refractivity contribution is -0.0913. The number of rotatable bonds is 7. The molecule has 0 radical (unpaired) electrons. The molecule has 3 N–H and O–H groups in total. The van der Waals surface area contributed by atoms with Crippen LogP contribution in [0.15, 0.2) is 23.8 Å². The molecule has 3 unspecified atom stereocenters. The normalized spacial score (nSPS) is 26.8. The summed E-state index contributed by atoms with van der Waals surface area (Å²) in [5, 5.41) is 9.80. The Morgan fingerprint density at radius 2 is 2.15 bits per heavy atom. The van der Waals surface area contributed by atoms with E-state index in [1.807, 2.05) is 13.0 Å². The first-order chi connectivity index (χ1) is 12.2. The Balaban J connectivity index is 0.000000765. The largest absolute Gasteiger partial charge is 0.412 e. The predicted molar refractivity (Wildman–Crippen MR) is 99.4 cm³/mol. The van der Waals surface area contributed by atoms with Gasteiger partial charge in [0.15, 0.2) is 0 Å². The summed E-state index contributed by atoms with van der Waals surface area (Å²) in [5.74, 6) is 3.05. The monoisotopic (exact) mass is 372 g/mol. The molecule has 0 amide bonds. The third-order valence-corrected chi connectivity index (χ3v) is 5.00. The van der Waals surface area contributed by atoms with E-state index in [1.54, 1.807) is 0 Å². The van der Waals surface area contributed by atoms with Crippen LogP contribution < -0.4 is 5.73 Å². The van der Waals surface area contributed by atoms with Gasteiger partial charge in [-0.3, -0.25) is 4.90 Å². The summed E-state index contributed by atoms with van der Waals surface area (Å²) in [4.78, 5) is 2.25. The molecule has 3 nitrogen and oxygen atoms in total. The van der Waals surface area contributed by atoms with Gasteiger partial charge in [0.1, 0.15) is 0 Å². The maximum Gasteiger partial charge on any atom is 0.412 e. The van der Waals surface area contributed by atoms with Crippen molar-refractivity contribution in [3.63, 3.8) is 0 Å². The van der Waals surface area contributed by atoms with Crippen LogP contribution in [0.3, 0.4) is 0 Å². The van der Waals surface area contributed by atoms with Gasteiger partial charge in [-0.05, 0) is 44.1 Å². The second-order valence-electron chi connectivity index (χ2n) is 7.23. The van der Waals surface area contributed by atoms with Gasteiger partial charge < -0.3 is 10.8 Å². The van der Waals surface area contributed by atoms with Crippen LogP contribution in [-0.4, -0.2) is 48.5 Å². The molecular weight excluding hydrogens is 341 g/mol. The molecule has 0 aromatic heterocycles. The molecule has 2 fully saturated rings. The maximum atomic E-state index is 12.4. The smallest absolute Gasteiger partial charge is 0.392 e. The molecule has 0 aromatic rings. The molecule has 0 bridgehead atoms. The minimum absolute atomic E-state index is 0.221. The molecule has 26 heavy (non-hydrogen) atoms. The Morgan fingerprint density at radius 1 is 1.50 bits per heavy atom. The van der Waals surface area contributed by atoms with Crippen LogP contribution in [0.25, 0.3) is 0 Å². The maximum absolute atomic E-state index is 12.4. The fourth-order valence-electron chi connectivity index (χ4n) is 3.35. The minimum Gasteiger partial charge on any atom is -0.392 e. The quantitative estimate of drug-likeness (QED) is 0.531. The molecule has 0 spiro atoms. The second-order valence-corrected chi connectivity index (χ2v) is 7.23. The number of nitrogens with two attached hydrogens (primary N) is 1. The highest BCUT2D eigenvalue weighted by molar-refractivity contribution is 5.18. The molecule has 148 valence electrons. The van der Waals surface area contributed by atoms with Crippen molar-refractivity contribution < 1.29 is 18.3 Å². The summed E-state index contributed by atoms with van der Waals surface area (Å²) < 4.78 is 37.1. The predicted octanol–water partition coefficient (Wildman–Crippen LogP) is 3.50. The van der Waals surface area contributed by atoms with Gasteiger partial charge in [0.05, 0.1) is 6.10 Å². The second kappa shape index (κ2) is 10.1. The highest BCUT2D eigenvalue weighted by atomic mass is 19.4. The number of alkyl halides is 3. The molecule has 1 heterocycles. The molecular formula is C20H31F3N2O. The topological polar surface area (TPSA) is 49.5 Å². The molecule has 1 aliphatic heterocycles. The SMILES string of the molecule is C#CCC.C/C(=C\C=C/CC12CC1CN(CC(O)CCN)C2)C(F)(F)F. The number of piperidine rings is 1. The average molecular weight is 372 g/mol. The number of β-amino-alcohol motifs (C(OH)–C–C–N with tert-alkyl or cyclic N) is 1. The lowest BCUT2D eigenvalue weighted by Gasteiger charge is -2.22. The number of halogens is 3. The average Bonchev–Trinajstić information content (AvgIpc) is 3.12. The minimum atomic E-state index is -4.24.